The average Bonchev–Trinajstić information content (AvgIpc) is 2.76. The number of benzene rings is 1. The van der Waals surface area contributed by atoms with Crippen molar-refractivity contribution in [3.63, 3.8) is 0 Å². The molecule has 0 aliphatic rings. The van der Waals surface area contributed by atoms with Crippen LogP contribution in [0.5, 0.6) is 0 Å². The van der Waals surface area contributed by atoms with Gasteiger partial charge in [-0.2, -0.15) is 5.48 Å². The summed E-state index contributed by atoms with van der Waals surface area (Å²) in [6, 6.07) is 8.03. The van der Waals surface area contributed by atoms with Crippen molar-refractivity contribution in [2.75, 3.05) is 0 Å². The van der Waals surface area contributed by atoms with Gasteiger partial charge < -0.3 is 9.62 Å². The molecule has 2 aromatic rings. The Balaban J connectivity index is 2.27. The van der Waals surface area contributed by atoms with E-state index in [2.05, 4.69) is 24.5 Å². The fourth-order valence-electron chi connectivity index (χ4n) is 1.93. The van der Waals surface area contributed by atoms with Crippen LogP contribution in [0.3, 0.4) is 0 Å². The number of hydrogen-bond acceptors (Lipinski definition) is 3. The second kappa shape index (κ2) is 5.34. The van der Waals surface area contributed by atoms with E-state index in [1.807, 2.05) is 19.1 Å². The molecule has 0 unspecified atom stereocenters. The summed E-state index contributed by atoms with van der Waals surface area (Å²) in [5, 5.41) is 10.0. The van der Waals surface area contributed by atoms with E-state index in [9.17, 15) is 0 Å². The molecule has 1 aromatic heterocycles. The minimum atomic E-state index is -0.0617. The minimum absolute atomic E-state index is 0.0617. The first-order valence-corrected chi connectivity index (χ1v) is 6.16. The number of nitrogens with one attached hydrogen (secondary N) is 1. The molecule has 0 spiro atoms. The highest BCUT2D eigenvalue weighted by Crippen LogP contribution is 2.24. The lowest BCUT2D eigenvalue weighted by atomic mass is 10.1. The van der Waals surface area contributed by atoms with Gasteiger partial charge in [-0.1, -0.05) is 19.4 Å². The van der Waals surface area contributed by atoms with Crippen molar-refractivity contribution < 1.29 is 9.62 Å². The first-order valence-electron chi connectivity index (χ1n) is 6.16. The Morgan fingerprint density at radius 2 is 2.18 bits per heavy atom. The summed E-state index contributed by atoms with van der Waals surface area (Å²) in [6.45, 7) is 4.09. The Labute approximate surface area is 101 Å². The van der Waals surface area contributed by atoms with Gasteiger partial charge in [0.25, 0.3) is 0 Å². The lowest BCUT2D eigenvalue weighted by molar-refractivity contribution is 0.133. The third-order valence-electron chi connectivity index (χ3n) is 3.06. The van der Waals surface area contributed by atoms with Gasteiger partial charge >= 0.3 is 0 Å². The minimum Gasteiger partial charge on any atom is -0.461 e. The average molecular weight is 233 g/mol. The fraction of sp³-hybridized carbons (Fsp3) is 0.429. The van der Waals surface area contributed by atoms with Crippen molar-refractivity contribution in [1.82, 2.24) is 5.48 Å². The molecule has 1 aromatic carbocycles. The van der Waals surface area contributed by atoms with E-state index in [0.717, 1.165) is 35.1 Å². The number of aryl methyl sites for hydroxylation is 1. The van der Waals surface area contributed by atoms with Crippen molar-refractivity contribution in [2.45, 2.75) is 39.2 Å². The third-order valence-corrected chi connectivity index (χ3v) is 3.06. The molecule has 0 amide bonds. The fourth-order valence-corrected chi connectivity index (χ4v) is 1.93. The Hall–Kier alpha value is -1.32. The van der Waals surface area contributed by atoms with E-state index in [1.54, 1.807) is 0 Å². The van der Waals surface area contributed by atoms with Gasteiger partial charge in [0, 0.05) is 11.8 Å². The number of hydroxylamine groups is 1. The van der Waals surface area contributed by atoms with E-state index in [0.29, 0.717) is 0 Å². The Kier molecular flexibility index (Phi) is 3.82. The first kappa shape index (κ1) is 12.1. The zero-order valence-electron chi connectivity index (χ0n) is 10.4. The summed E-state index contributed by atoms with van der Waals surface area (Å²) in [6.07, 6.45) is 3.32. The molecule has 0 saturated carbocycles. The molecule has 0 fully saturated rings. The van der Waals surface area contributed by atoms with Crippen molar-refractivity contribution in [3.05, 3.63) is 35.6 Å². The molecule has 0 saturated heterocycles. The SMILES string of the molecule is CCCCc1cc2cc([C@H](C)NO)ccc2o1. The molecule has 0 bridgehead atoms. The molecule has 3 nitrogen and oxygen atoms in total. The molecule has 1 heterocycles. The molecule has 0 aliphatic carbocycles. The van der Waals surface area contributed by atoms with E-state index < -0.39 is 0 Å². The zero-order valence-corrected chi connectivity index (χ0v) is 10.4. The van der Waals surface area contributed by atoms with Gasteiger partial charge in [-0.05, 0) is 37.1 Å². The molecule has 0 aliphatic heterocycles. The summed E-state index contributed by atoms with van der Waals surface area (Å²) in [5.74, 6) is 1.05. The molecule has 3 heteroatoms. The van der Waals surface area contributed by atoms with Crippen LogP contribution < -0.4 is 5.48 Å². The van der Waals surface area contributed by atoms with E-state index >= 15 is 0 Å². The van der Waals surface area contributed by atoms with Gasteiger partial charge in [-0.15, -0.1) is 0 Å². The quantitative estimate of drug-likeness (QED) is 0.772. The van der Waals surface area contributed by atoms with Crippen LogP contribution in [-0.4, -0.2) is 5.21 Å². The zero-order chi connectivity index (χ0) is 12.3. The van der Waals surface area contributed by atoms with Gasteiger partial charge in [0.1, 0.15) is 11.3 Å². The smallest absolute Gasteiger partial charge is 0.134 e. The monoisotopic (exact) mass is 233 g/mol. The summed E-state index contributed by atoms with van der Waals surface area (Å²) in [5.41, 5.74) is 4.24. The van der Waals surface area contributed by atoms with Crippen LogP contribution in [-0.2, 0) is 6.42 Å². The van der Waals surface area contributed by atoms with Crippen LogP contribution in [0.15, 0.2) is 28.7 Å². The van der Waals surface area contributed by atoms with Crippen molar-refractivity contribution in [1.29, 1.82) is 0 Å². The van der Waals surface area contributed by atoms with Crippen LogP contribution in [0.25, 0.3) is 11.0 Å². The number of unbranched alkanes of at least 4 members (excludes halogenated alkanes) is 1. The van der Waals surface area contributed by atoms with E-state index in [1.165, 1.54) is 6.42 Å². The van der Waals surface area contributed by atoms with Gasteiger partial charge in [-0.25, -0.2) is 0 Å². The number of fused-ring (bicyclic) bond motifs is 1. The van der Waals surface area contributed by atoms with Crippen molar-refractivity contribution in [2.24, 2.45) is 0 Å². The molecular formula is C14H19NO2. The highest BCUT2D eigenvalue weighted by molar-refractivity contribution is 5.78. The van der Waals surface area contributed by atoms with Gasteiger partial charge in [0.05, 0.1) is 6.04 Å². The van der Waals surface area contributed by atoms with Crippen LogP contribution >= 0.6 is 0 Å². The van der Waals surface area contributed by atoms with Gasteiger partial charge in [0.2, 0.25) is 0 Å². The van der Waals surface area contributed by atoms with Crippen LogP contribution in [0, 0.1) is 0 Å². The standard InChI is InChI=1S/C14H19NO2/c1-3-4-5-13-9-12-8-11(10(2)15-16)6-7-14(12)17-13/h6-10,15-16H,3-5H2,1-2H3/t10-/m0/s1. The molecule has 17 heavy (non-hydrogen) atoms. The maximum Gasteiger partial charge on any atom is 0.134 e. The lowest BCUT2D eigenvalue weighted by Gasteiger charge is -2.08. The Morgan fingerprint density at radius 3 is 2.88 bits per heavy atom. The topological polar surface area (TPSA) is 45.4 Å². The highest BCUT2D eigenvalue weighted by atomic mass is 16.5. The summed E-state index contributed by atoms with van der Waals surface area (Å²) < 4.78 is 5.76. The van der Waals surface area contributed by atoms with Crippen LogP contribution in [0.1, 0.15) is 44.1 Å². The summed E-state index contributed by atoms with van der Waals surface area (Å²) in [4.78, 5) is 0. The molecule has 0 radical (unpaired) electrons. The lowest BCUT2D eigenvalue weighted by Crippen LogP contribution is -2.12. The highest BCUT2D eigenvalue weighted by Gasteiger charge is 2.07. The van der Waals surface area contributed by atoms with Crippen molar-refractivity contribution >= 4 is 11.0 Å². The second-order valence-electron chi connectivity index (χ2n) is 4.46. The molecule has 2 N–H and O–H groups in total. The van der Waals surface area contributed by atoms with Crippen molar-refractivity contribution in [3.8, 4) is 0 Å². The third kappa shape index (κ3) is 2.68. The molecule has 92 valence electrons. The number of furan rings is 1. The van der Waals surface area contributed by atoms with E-state index in [4.69, 9.17) is 9.62 Å². The van der Waals surface area contributed by atoms with Gasteiger partial charge in [-0.3, -0.25) is 0 Å². The predicted octanol–water partition coefficient (Wildman–Crippen LogP) is 3.82. The Morgan fingerprint density at radius 1 is 1.35 bits per heavy atom. The maximum atomic E-state index is 8.91. The van der Waals surface area contributed by atoms with E-state index in [-0.39, 0.29) is 6.04 Å². The Bertz CT molecular complexity index is 490. The molecular weight excluding hydrogens is 214 g/mol. The molecule has 1 atom stereocenters. The van der Waals surface area contributed by atoms with Gasteiger partial charge in [0.15, 0.2) is 0 Å². The first-order chi connectivity index (χ1) is 8.24. The maximum absolute atomic E-state index is 8.91. The summed E-state index contributed by atoms with van der Waals surface area (Å²) >= 11 is 0. The normalized spacial score (nSPS) is 13.1. The predicted molar refractivity (Wildman–Crippen MR) is 68.2 cm³/mol. The largest absolute Gasteiger partial charge is 0.461 e. The van der Waals surface area contributed by atoms with Crippen LogP contribution in [0.2, 0.25) is 0 Å². The second-order valence-corrected chi connectivity index (χ2v) is 4.46. The summed E-state index contributed by atoms with van der Waals surface area (Å²) in [7, 11) is 0. The number of hydrogen-bond donors (Lipinski definition) is 2. The number of rotatable bonds is 5. The molecule has 2 rings (SSSR count). The van der Waals surface area contributed by atoms with Crippen LogP contribution in [0.4, 0.5) is 0 Å².